The van der Waals surface area contributed by atoms with Gasteiger partial charge in [0.15, 0.2) is 5.82 Å². The second kappa shape index (κ2) is 6.62. The average Bonchev–Trinajstić information content (AvgIpc) is 3.09. The van der Waals surface area contributed by atoms with Gasteiger partial charge in [-0.3, -0.25) is 4.79 Å². The second-order valence-corrected chi connectivity index (χ2v) is 5.95. The van der Waals surface area contributed by atoms with Gasteiger partial charge in [-0.25, -0.2) is 9.67 Å². The van der Waals surface area contributed by atoms with Crippen LogP contribution in [-0.4, -0.2) is 26.8 Å². The van der Waals surface area contributed by atoms with Crippen molar-refractivity contribution in [3.8, 4) is 5.82 Å². The molecule has 128 valence electrons. The van der Waals surface area contributed by atoms with Crippen molar-refractivity contribution >= 4 is 11.6 Å². The largest absolute Gasteiger partial charge is 0.391 e. The number of alkyl halides is 3. The number of hydrogen-bond donors (Lipinski definition) is 1. The van der Waals surface area contributed by atoms with Crippen LogP contribution in [0.1, 0.15) is 25.7 Å². The summed E-state index contributed by atoms with van der Waals surface area (Å²) >= 11 is 0. The lowest BCUT2D eigenvalue weighted by Gasteiger charge is -2.29. The van der Waals surface area contributed by atoms with Gasteiger partial charge in [0.1, 0.15) is 0 Å². The maximum Gasteiger partial charge on any atom is 0.391 e. The van der Waals surface area contributed by atoms with Gasteiger partial charge >= 0.3 is 6.18 Å². The summed E-state index contributed by atoms with van der Waals surface area (Å²) in [7, 11) is 0. The summed E-state index contributed by atoms with van der Waals surface area (Å²) in [4.78, 5) is 16.4. The van der Waals surface area contributed by atoms with Crippen LogP contribution in [0.2, 0.25) is 0 Å². The monoisotopic (exact) mass is 338 g/mol. The number of aromatic nitrogens is 3. The highest BCUT2D eigenvalue weighted by atomic mass is 19.4. The fourth-order valence-corrected chi connectivity index (χ4v) is 2.97. The molecule has 2 heterocycles. The lowest BCUT2D eigenvalue weighted by atomic mass is 9.80. The molecule has 1 N–H and O–H groups in total. The van der Waals surface area contributed by atoms with Crippen molar-refractivity contribution in [1.82, 2.24) is 14.8 Å². The molecule has 1 saturated carbocycles. The van der Waals surface area contributed by atoms with E-state index in [1.807, 2.05) is 0 Å². The number of amides is 1. The Balaban J connectivity index is 1.62. The van der Waals surface area contributed by atoms with Gasteiger partial charge in [0.25, 0.3) is 0 Å². The summed E-state index contributed by atoms with van der Waals surface area (Å²) in [6.45, 7) is 0. The molecule has 0 saturated heterocycles. The zero-order valence-electron chi connectivity index (χ0n) is 12.8. The minimum atomic E-state index is -4.23. The molecule has 0 aromatic carbocycles. The second-order valence-electron chi connectivity index (χ2n) is 5.95. The maximum absolute atomic E-state index is 12.8. The normalized spacial score (nSPS) is 21.5. The lowest BCUT2D eigenvalue weighted by molar-refractivity contribution is -0.185. The summed E-state index contributed by atoms with van der Waals surface area (Å²) in [6, 6.07) is 5.10. The molecule has 1 amide bonds. The summed E-state index contributed by atoms with van der Waals surface area (Å²) in [5.74, 6) is -1.79. The van der Waals surface area contributed by atoms with E-state index >= 15 is 0 Å². The van der Waals surface area contributed by atoms with E-state index in [0.717, 1.165) is 0 Å². The summed E-state index contributed by atoms with van der Waals surface area (Å²) in [5.41, 5.74) is 0.463. The maximum atomic E-state index is 12.8. The van der Waals surface area contributed by atoms with Crippen LogP contribution in [0.25, 0.3) is 5.82 Å². The first-order chi connectivity index (χ1) is 11.4. The minimum Gasteiger partial charge on any atom is -0.324 e. The van der Waals surface area contributed by atoms with Crippen molar-refractivity contribution in [3.63, 3.8) is 0 Å². The molecule has 1 aliphatic rings. The van der Waals surface area contributed by atoms with Crippen molar-refractivity contribution in [2.45, 2.75) is 31.9 Å². The van der Waals surface area contributed by atoms with Crippen molar-refractivity contribution < 1.29 is 18.0 Å². The van der Waals surface area contributed by atoms with Gasteiger partial charge in [0, 0.05) is 18.3 Å². The fourth-order valence-electron chi connectivity index (χ4n) is 2.97. The van der Waals surface area contributed by atoms with Crippen molar-refractivity contribution in [2.24, 2.45) is 11.8 Å². The zero-order chi connectivity index (χ0) is 17.2. The van der Waals surface area contributed by atoms with Crippen LogP contribution >= 0.6 is 0 Å². The molecular formula is C16H17F3N4O. The highest BCUT2D eigenvalue weighted by molar-refractivity contribution is 5.92. The van der Waals surface area contributed by atoms with E-state index < -0.39 is 18.0 Å². The smallest absolute Gasteiger partial charge is 0.324 e. The topological polar surface area (TPSA) is 59.8 Å². The van der Waals surface area contributed by atoms with Gasteiger partial charge in [-0.05, 0) is 37.5 Å². The molecule has 2 atom stereocenters. The third kappa shape index (κ3) is 3.74. The van der Waals surface area contributed by atoms with Gasteiger partial charge in [0.05, 0.1) is 17.8 Å². The average molecular weight is 338 g/mol. The first kappa shape index (κ1) is 16.5. The number of hydrogen-bond acceptors (Lipinski definition) is 3. The van der Waals surface area contributed by atoms with Crippen LogP contribution in [0.3, 0.4) is 0 Å². The number of nitrogens with one attached hydrogen (secondary N) is 1. The molecule has 0 spiro atoms. The molecule has 1 fully saturated rings. The number of nitrogens with zero attached hydrogens (tertiary/aromatic N) is 3. The Bertz CT molecular complexity index is 682. The SMILES string of the molecule is O=C(Nc1ccc(-n2cccn2)nc1)[C@H]1CCC[C@@H](C(F)(F)F)C1. The predicted molar refractivity (Wildman–Crippen MR) is 81.5 cm³/mol. The van der Waals surface area contributed by atoms with E-state index in [2.05, 4.69) is 15.4 Å². The number of pyridine rings is 1. The summed E-state index contributed by atoms with van der Waals surface area (Å²) in [5, 5.41) is 6.70. The van der Waals surface area contributed by atoms with Crippen LogP contribution in [0.4, 0.5) is 18.9 Å². The van der Waals surface area contributed by atoms with E-state index in [1.54, 1.807) is 35.3 Å². The van der Waals surface area contributed by atoms with E-state index in [9.17, 15) is 18.0 Å². The Hall–Kier alpha value is -2.38. The van der Waals surface area contributed by atoms with E-state index in [4.69, 9.17) is 0 Å². The van der Waals surface area contributed by atoms with Crippen LogP contribution in [0.15, 0.2) is 36.8 Å². The Morgan fingerprint density at radius 2 is 2.12 bits per heavy atom. The molecule has 0 aliphatic heterocycles. The Morgan fingerprint density at radius 1 is 1.29 bits per heavy atom. The molecule has 24 heavy (non-hydrogen) atoms. The van der Waals surface area contributed by atoms with E-state index in [-0.39, 0.29) is 18.7 Å². The first-order valence-corrected chi connectivity index (χ1v) is 7.77. The molecule has 0 bridgehead atoms. The molecule has 2 aromatic rings. The Labute approximate surface area is 136 Å². The molecule has 1 aliphatic carbocycles. The number of halogens is 3. The zero-order valence-corrected chi connectivity index (χ0v) is 12.8. The fraction of sp³-hybridized carbons (Fsp3) is 0.438. The quantitative estimate of drug-likeness (QED) is 0.931. The number of rotatable bonds is 3. The molecular weight excluding hydrogens is 321 g/mol. The summed E-state index contributed by atoms with van der Waals surface area (Å²) in [6.07, 6.45) is 1.46. The van der Waals surface area contributed by atoms with Crippen molar-refractivity contribution in [3.05, 3.63) is 36.8 Å². The van der Waals surface area contributed by atoms with Crippen LogP contribution < -0.4 is 5.32 Å². The number of carbonyl (C=O) groups is 1. The van der Waals surface area contributed by atoms with Crippen LogP contribution in [-0.2, 0) is 4.79 Å². The van der Waals surface area contributed by atoms with Crippen molar-refractivity contribution in [2.75, 3.05) is 5.32 Å². The molecule has 2 aromatic heterocycles. The number of anilines is 1. The predicted octanol–water partition coefficient (Wildman–Crippen LogP) is 3.57. The Kier molecular flexibility index (Phi) is 4.55. The van der Waals surface area contributed by atoms with E-state index in [1.165, 1.54) is 6.20 Å². The highest BCUT2D eigenvalue weighted by Crippen LogP contribution is 2.40. The molecule has 8 heteroatoms. The molecule has 0 radical (unpaired) electrons. The summed E-state index contributed by atoms with van der Waals surface area (Å²) < 4.78 is 40.1. The molecule has 0 unspecified atom stereocenters. The minimum absolute atomic E-state index is 0.105. The van der Waals surface area contributed by atoms with Gasteiger partial charge in [0.2, 0.25) is 5.91 Å². The third-order valence-corrected chi connectivity index (χ3v) is 4.26. The molecule has 5 nitrogen and oxygen atoms in total. The standard InChI is InChI=1S/C16H17F3N4O/c17-16(18,19)12-4-1-3-11(9-12)15(24)22-13-5-6-14(20-10-13)23-8-2-7-21-23/h2,5-8,10-12H,1,3-4,9H2,(H,22,24)/t11-,12+/m0/s1. The van der Waals surface area contributed by atoms with Crippen molar-refractivity contribution in [1.29, 1.82) is 0 Å². The molecule has 3 rings (SSSR count). The first-order valence-electron chi connectivity index (χ1n) is 7.77. The van der Waals surface area contributed by atoms with E-state index in [0.29, 0.717) is 24.3 Å². The third-order valence-electron chi connectivity index (χ3n) is 4.26. The van der Waals surface area contributed by atoms with Crippen LogP contribution in [0.5, 0.6) is 0 Å². The Morgan fingerprint density at radius 3 is 2.75 bits per heavy atom. The van der Waals surface area contributed by atoms with Crippen LogP contribution in [0, 0.1) is 11.8 Å². The number of carbonyl (C=O) groups excluding carboxylic acids is 1. The van der Waals surface area contributed by atoms with Gasteiger partial charge in [-0.15, -0.1) is 0 Å². The highest BCUT2D eigenvalue weighted by Gasteiger charge is 2.43. The van der Waals surface area contributed by atoms with Gasteiger partial charge in [-0.1, -0.05) is 6.42 Å². The lowest BCUT2D eigenvalue weighted by Crippen LogP contribution is -2.34. The van der Waals surface area contributed by atoms with Gasteiger partial charge in [-0.2, -0.15) is 18.3 Å². The van der Waals surface area contributed by atoms with Gasteiger partial charge < -0.3 is 5.32 Å².